The van der Waals surface area contributed by atoms with E-state index in [1.54, 1.807) is 18.7 Å². The first-order valence-electron chi connectivity index (χ1n) is 11.9. The first-order valence-corrected chi connectivity index (χ1v) is 11.9. The summed E-state index contributed by atoms with van der Waals surface area (Å²) >= 11 is 0. The van der Waals surface area contributed by atoms with Gasteiger partial charge in [-0.25, -0.2) is 9.69 Å². The van der Waals surface area contributed by atoms with E-state index in [-0.39, 0.29) is 17.8 Å². The highest BCUT2D eigenvalue weighted by Crippen LogP contribution is 2.44. The van der Waals surface area contributed by atoms with Crippen LogP contribution >= 0.6 is 0 Å². The SMILES string of the molecule is CCCC[C@H](CC)CNC(=O)[C@H](C)N1C(=O)N2CCc3c([nH]c4ccccc34)[C@@]2(C)C1=O. The molecular weight excluding hydrogens is 404 g/mol. The molecule has 2 aliphatic rings. The maximum absolute atomic E-state index is 13.7. The number of hydrogen-bond donors (Lipinski definition) is 2. The number of nitrogens with one attached hydrogen (secondary N) is 2. The minimum atomic E-state index is -1.12. The lowest BCUT2D eigenvalue weighted by molar-refractivity contribution is -0.139. The van der Waals surface area contributed by atoms with Gasteiger partial charge in [0.2, 0.25) is 5.91 Å². The van der Waals surface area contributed by atoms with Crippen molar-refractivity contribution in [2.45, 2.75) is 71.4 Å². The molecule has 0 spiro atoms. The molecule has 4 amide bonds. The lowest BCUT2D eigenvalue weighted by Gasteiger charge is -2.36. The van der Waals surface area contributed by atoms with Crippen LogP contribution in [0.15, 0.2) is 24.3 Å². The van der Waals surface area contributed by atoms with E-state index in [4.69, 9.17) is 0 Å². The highest BCUT2D eigenvalue weighted by Gasteiger charge is 2.60. The van der Waals surface area contributed by atoms with Crippen LogP contribution in [0.25, 0.3) is 10.9 Å². The number of aromatic nitrogens is 1. The average molecular weight is 439 g/mol. The van der Waals surface area contributed by atoms with Gasteiger partial charge in [0.25, 0.3) is 5.91 Å². The predicted octanol–water partition coefficient (Wildman–Crippen LogP) is 3.92. The number of aromatic amines is 1. The molecule has 0 bridgehead atoms. The van der Waals surface area contributed by atoms with Crippen molar-refractivity contribution in [3.8, 4) is 0 Å². The van der Waals surface area contributed by atoms with E-state index in [1.807, 2.05) is 24.3 Å². The second-order valence-electron chi connectivity index (χ2n) is 9.29. The number of carbonyl (C=O) groups is 3. The van der Waals surface area contributed by atoms with Crippen LogP contribution in [0.5, 0.6) is 0 Å². The number of H-pyrrole nitrogens is 1. The number of urea groups is 1. The first-order chi connectivity index (χ1) is 15.3. The summed E-state index contributed by atoms with van der Waals surface area (Å²) in [4.78, 5) is 46.1. The van der Waals surface area contributed by atoms with Crippen molar-refractivity contribution < 1.29 is 14.4 Å². The van der Waals surface area contributed by atoms with E-state index in [2.05, 4.69) is 24.1 Å². The molecule has 7 heteroatoms. The molecule has 2 aliphatic heterocycles. The summed E-state index contributed by atoms with van der Waals surface area (Å²) in [6.45, 7) is 8.75. The molecule has 1 fully saturated rings. The highest BCUT2D eigenvalue weighted by molar-refractivity contribution is 6.10. The Balaban J connectivity index is 1.56. The zero-order valence-corrected chi connectivity index (χ0v) is 19.5. The van der Waals surface area contributed by atoms with E-state index < -0.39 is 11.6 Å². The quantitative estimate of drug-likeness (QED) is 0.613. The molecule has 4 rings (SSSR count). The lowest BCUT2D eigenvalue weighted by atomic mass is 9.87. The number of hydrogen-bond acceptors (Lipinski definition) is 3. The van der Waals surface area contributed by atoms with Crippen molar-refractivity contribution in [1.29, 1.82) is 0 Å². The zero-order chi connectivity index (χ0) is 23.0. The lowest BCUT2D eigenvalue weighted by Crippen LogP contribution is -2.50. The second kappa shape index (κ2) is 8.60. The van der Waals surface area contributed by atoms with Crippen LogP contribution in [-0.4, -0.2) is 51.8 Å². The van der Waals surface area contributed by atoms with Crippen molar-refractivity contribution in [1.82, 2.24) is 20.1 Å². The number of carbonyl (C=O) groups excluding carboxylic acids is 3. The fraction of sp³-hybridized carbons (Fsp3) is 0.560. The van der Waals surface area contributed by atoms with Crippen molar-refractivity contribution in [2.24, 2.45) is 5.92 Å². The number of nitrogens with zero attached hydrogens (tertiary/aromatic N) is 2. The molecule has 0 saturated carbocycles. The summed E-state index contributed by atoms with van der Waals surface area (Å²) in [6, 6.07) is 6.72. The topological polar surface area (TPSA) is 85.5 Å². The smallest absolute Gasteiger partial charge is 0.328 e. The summed E-state index contributed by atoms with van der Waals surface area (Å²) in [6.07, 6.45) is 5.00. The molecule has 3 atom stereocenters. The Kier molecular flexibility index (Phi) is 6.01. The van der Waals surface area contributed by atoms with Gasteiger partial charge in [-0.1, -0.05) is 51.3 Å². The molecule has 0 aliphatic carbocycles. The molecule has 1 aromatic heterocycles. The monoisotopic (exact) mass is 438 g/mol. The van der Waals surface area contributed by atoms with Crippen molar-refractivity contribution >= 4 is 28.7 Å². The van der Waals surface area contributed by atoms with Gasteiger partial charge in [-0.2, -0.15) is 0 Å². The predicted molar refractivity (Wildman–Crippen MR) is 124 cm³/mol. The Labute approximate surface area is 189 Å². The number of para-hydroxylation sites is 1. The van der Waals surface area contributed by atoms with Gasteiger partial charge >= 0.3 is 6.03 Å². The summed E-state index contributed by atoms with van der Waals surface area (Å²) in [7, 11) is 0. The van der Waals surface area contributed by atoms with Gasteiger partial charge in [0, 0.05) is 24.0 Å². The van der Waals surface area contributed by atoms with Crippen LogP contribution in [0.3, 0.4) is 0 Å². The number of rotatable bonds is 8. The standard InChI is InChI=1S/C25H34N4O3/c1-5-7-10-17(6-2)15-26-22(30)16(3)29-23(31)25(4)21-19(13-14-28(25)24(29)32)18-11-8-9-12-20(18)27-21/h8-9,11-12,16-17,27H,5-7,10,13-15H2,1-4H3,(H,26,30)/t16-,17-,25-/m0/s1. The summed E-state index contributed by atoms with van der Waals surface area (Å²) in [5.74, 6) is -0.202. The number of imide groups is 1. The first kappa shape index (κ1) is 22.4. The van der Waals surface area contributed by atoms with E-state index in [1.165, 1.54) is 0 Å². The molecule has 2 N–H and O–H groups in total. The number of fused-ring (bicyclic) bond motifs is 5. The minimum absolute atomic E-state index is 0.276. The molecule has 1 aromatic carbocycles. The van der Waals surface area contributed by atoms with E-state index >= 15 is 0 Å². The van der Waals surface area contributed by atoms with Gasteiger partial charge in [-0.3, -0.25) is 9.59 Å². The van der Waals surface area contributed by atoms with Gasteiger partial charge in [0.1, 0.15) is 6.04 Å². The normalized spacial score (nSPS) is 22.1. The number of benzene rings is 1. The van der Waals surface area contributed by atoms with Crippen LogP contribution in [-0.2, 0) is 21.5 Å². The summed E-state index contributed by atoms with van der Waals surface area (Å²) < 4.78 is 0. The maximum Gasteiger partial charge on any atom is 0.328 e. The molecule has 172 valence electrons. The molecule has 0 unspecified atom stereocenters. The Morgan fingerprint density at radius 3 is 2.72 bits per heavy atom. The Morgan fingerprint density at radius 2 is 2.00 bits per heavy atom. The van der Waals surface area contributed by atoms with Crippen LogP contribution < -0.4 is 5.32 Å². The Morgan fingerprint density at radius 1 is 1.25 bits per heavy atom. The Hall–Kier alpha value is -2.83. The number of amides is 4. The van der Waals surface area contributed by atoms with Gasteiger partial charge in [0.15, 0.2) is 5.54 Å². The van der Waals surface area contributed by atoms with Crippen molar-refractivity contribution in [3.63, 3.8) is 0 Å². The van der Waals surface area contributed by atoms with Gasteiger partial charge in [-0.05, 0) is 44.2 Å². The molecule has 3 heterocycles. The molecular formula is C25H34N4O3. The summed E-state index contributed by atoms with van der Waals surface area (Å²) in [5, 5.41) is 4.07. The third-order valence-electron chi connectivity index (χ3n) is 7.37. The molecule has 32 heavy (non-hydrogen) atoms. The fourth-order valence-electron chi connectivity index (χ4n) is 5.21. The third-order valence-corrected chi connectivity index (χ3v) is 7.37. The van der Waals surface area contributed by atoms with E-state index in [0.29, 0.717) is 25.4 Å². The van der Waals surface area contributed by atoms with E-state index in [0.717, 1.165) is 52.7 Å². The zero-order valence-electron chi connectivity index (χ0n) is 19.5. The van der Waals surface area contributed by atoms with Crippen LogP contribution in [0.1, 0.15) is 64.6 Å². The Bertz CT molecular complexity index is 1040. The molecule has 7 nitrogen and oxygen atoms in total. The highest BCUT2D eigenvalue weighted by atomic mass is 16.2. The minimum Gasteiger partial charge on any atom is -0.356 e. The second-order valence-corrected chi connectivity index (χ2v) is 9.29. The summed E-state index contributed by atoms with van der Waals surface area (Å²) in [5.41, 5.74) is 1.69. The molecule has 0 radical (unpaired) electrons. The maximum atomic E-state index is 13.7. The average Bonchev–Trinajstić information content (AvgIpc) is 3.27. The molecule has 2 aromatic rings. The van der Waals surface area contributed by atoms with Crippen molar-refractivity contribution in [2.75, 3.05) is 13.1 Å². The van der Waals surface area contributed by atoms with Gasteiger partial charge in [-0.15, -0.1) is 0 Å². The van der Waals surface area contributed by atoms with Crippen LogP contribution in [0.2, 0.25) is 0 Å². The van der Waals surface area contributed by atoms with Gasteiger partial charge in [0.05, 0.1) is 5.69 Å². The van der Waals surface area contributed by atoms with E-state index in [9.17, 15) is 14.4 Å². The van der Waals surface area contributed by atoms with Crippen LogP contribution in [0.4, 0.5) is 4.79 Å². The van der Waals surface area contributed by atoms with Crippen LogP contribution in [0, 0.1) is 5.92 Å². The molecule has 1 saturated heterocycles. The van der Waals surface area contributed by atoms with Crippen molar-refractivity contribution in [3.05, 3.63) is 35.5 Å². The third kappa shape index (κ3) is 3.38. The van der Waals surface area contributed by atoms with Gasteiger partial charge < -0.3 is 15.2 Å². The largest absolute Gasteiger partial charge is 0.356 e. The fourth-order valence-corrected chi connectivity index (χ4v) is 5.21. The number of unbranched alkanes of at least 4 members (excludes halogenated alkanes) is 1.